The van der Waals surface area contributed by atoms with Crippen LogP contribution in [0.4, 0.5) is 0 Å². The van der Waals surface area contributed by atoms with Crippen molar-refractivity contribution in [3.63, 3.8) is 0 Å². The molecular weight excluding hydrogens is 282 g/mol. The molecule has 0 aliphatic heterocycles. The molecule has 1 nitrogen and oxygen atoms in total. The first-order valence-corrected chi connectivity index (χ1v) is 5.80. The molecule has 3 heteroatoms. The first-order chi connectivity index (χ1) is 5.74. The van der Waals surface area contributed by atoms with Crippen molar-refractivity contribution in [2.24, 2.45) is 5.92 Å². The highest BCUT2D eigenvalue weighted by Crippen LogP contribution is 2.18. The molecule has 1 unspecified atom stereocenters. The molecule has 1 heterocycles. The average Bonchev–Trinajstić information content (AvgIpc) is 2.09. The Bertz CT molecular complexity index is 250. The van der Waals surface area contributed by atoms with E-state index in [0.29, 0.717) is 5.92 Å². The molecular formula is C9H11Br2N. The molecule has 12 heavy (non-hydrogen) atoms. The first kappa shape index (κ1) is 10.2. The number of hydrogen-bond acceptors (Lipinski definition) is 1. The molecule has 0 aliphatic rings. The van der Waals surface area contributed by atoms with Crippen LogP contribution < -0.4 is 0 Å². The zero-order chi connectivity index (χ0) is 8.97. The van der Waals surface area contributed by atoms with Crippen LogP contribution in [0, 0.1) is 5.92 Å². The van der Waals surface area contributed by atoms with Gasteiger partial charge in [0.25, 0.3) is 0 Å². The van der Waals surface area contributed by atoms with Crippen LogP contribution in [0.15, 0.2) is 22.9 Å². The van der Waals surface area contributed by atoms with Crippen LogP contribution in [0.1, 0.15) is 12.5 Å². The van der Waals surface area contributed by atoms with Gasteiger partial charge in [-0.2, -0.15) is 0 Å². The second-order valence-electron chi connectivity index (χ2n) is 2.93. The highest BCUT2D eigenvalue weighted by molar-refractivity contribution is 9.10. The molecule has 1 aromatic heterocycles. The number of hydrogen-bond donors (Lipinski definition) is 0. The van der Waals surface area contributed by atoms with Crippen LogP contribution in [0.25, 0.3) is 0 Å². The van der Waals surface area contributed by atoms with Crippen molar-refractivity contribution in [3.8, 4) is 0 Å². The minimum atomic E-state index is 0.670. The maximum absolute atomic E-state index is 4.02. The summed E-state index contributed by atoms with van der Waals surface area (Å²) in [6.45, 7) is 2.22. The molecule has 0 saturated carbocycles. The number of aromatic nitrogens is 1. The maximum atomic E-state index is 4.02. The summed E-state index contributed by atoms with van der Waals surface area (Å²) < 4.78 is 1.11. The SMILES string of the molecule is CC(CBr)Cc1ccncc1Br. The van der Waals surface area contributed by atoms with Gasteiger partial charge >= 0.3 is 0 Å². The van der Waals surface area contributed by atoms with E-state index in [1.54, 1.807) is 0 Å². The minimum absolute atomic E-state index is 0.670. The van der Waals surface area contributed by atoms with Gasteiger partial charge in [0.05, 0.1) is 0 Å². The second-order valence-corrected chi connectivity index (χ2v) is 4.43. The first-order valence-electron chi connectivity index (χ1n) is 3.88. The van der Waals surface area contributed by atoms with Crippen molar-refractivity contribution in [1.29, 1.82) is 0 Å². The third kappa shape index (κ3) is 2.87. The molecule has 0 saturated heterocycles. The largest absolute Gasteiger partial charge is 0.264 e. The van der Waals surface area contributed by atoms with E-state index in [1.807, 2.05) is 12.4 Å². The lowest BCUT2D eigenvalue weighted by Gasteiger charge is -2.08. The van der Waals surface area contributed by atoms with Gasteiger partial charge < -0.3 is 0 Å². The number of halogens is 2. The van der Waals surface area contributed by atoms with Gasteiger partial charge in [-0.3, -0.25) is 4.98 Å². The van der Waals surface area contributed by atoms with Crippen LogP contribution in [-0.4, -0.2) is 10.3 Å². The number of nitrogens with zero attached hydrogens (tertiary/aromatic N) is 1. The van der Waals surface area contributed by atoms with Gasteiger partial charge in [-0.15, -0.1) is 0 Å². The molecule has 0 aromatic carbocycles. The molecule has 1 rings (SSSR count). The predicted molar refractivity (Wildman–Crippen MR) is 58.6 cm³/mol. The Morgan fingerprint density at radius 2 is 2.33 bits per heavy atom. The van der Waals surface area contributed by atoms with Gasteiger partial charge in [0.1, 0.15) is 0 Å². The quantitative estimate of drug-likeness (QED) is 0.778. The summed E-state index contributed by atoms with van der Waals surface area (Å²) in [6.07, 6.45) is 4.77. The topological polar surface area (TPSA) is 12.9 Å². The molecule has 66 valence electrons. The summed E-state index contributed by atoms with van der Waals surface area (Å²) in [4.78, 5) is 4.02. The van der Waals surface area contributed by atoms with Crippen LogP contribution in [0.2, 0.25) is 0 Å². The Hall–Kier alpha value is 0.110. The van der Waals surface area contributed by atoms with E-state index in [0.717, 1.165) is 16.2 Å². The van der Waals surface area contributed by atoms with Gasteiger partial charge in [0.15, 0.2) is 0 Å². The van der Waals surface area contributed by atoms with Crippen molar-refractivity contribution < 1.29 is 0 Å². The van der Waals surface area contributed by atoms with Crippen molar-refractivity contribution in [1.82, 2.24) is 4.98 Å². The van der Waals surface area contributed by atoms with Crippen LogP contribution in [0.3, 0.4) is 0 Å². The Balaban J connectivity index is 2.69. The van der Waals surface area contributed by atoms with Crippen molar-refractivity contribution in [3.05, 3.63) is 28.5 Å². The number of alkyl halides is 1. The molecule has 0 aliphatic carbocycles. The zero-order valence-corrected chi connectivity index (χ0v) is 10.1. The average molecular weight is 293 g/mol. The third-order valence-electron chi connectivity index (χ3n) is 1.69. The van der Waals surface area contributed by atoms with Gasteiger partial charge in [-0.05, 0) is 39.9 Å². The summed E-state index contributed by atoms with van der Waals surface area (Å²) in [5.41, 5.74) is 1.33. The van der Waals surface area contributed by atoms with E-state index in [4.69, 9.17) is 0 Å². The Morgan fingerprint density at radius 1 is 1.58 bits per heavy atom. The van der Waals surface area contributed by atoms with E-state index in [9.17, 15) is 0 Å². The normalized spacial score (nSPS) is 12.9. The van der Waals surface area contributed by atoms with Gasteiger partial charge in [0, 0.05) is 22.2 Å². The molecule has 0 radical (unpaired) electrons. The maximum Gasteiger partial charge on any atom is 0.0412 e. The third-order valence-corrected chi connectivity index (χ3v) is 3.51. The van der Waals surface area contributed by atoms with Crippen molar-refractivity contribution in [2.45, 2.75) is 13.3 Å². The molecule has 0 spiro atoms. The fourth-order valence-electron chi connectivity index (χ4n) is 1.000. The van der Waals surface area contributed by atoms with Gasteiger partial charge in [-0.25, -0.2) is 0 Å². The second kappa shape index (κ2) is 4.97. The summed E-state index contributed by atoms with van der Waals surface area (Å²) >= 11 is 6.94. The van der Waals surface area contributed by atoms with E-state index < -0.39 is 0 Å². The molecule has 1 atom stereocenters. The van der Waals surface area contributed by atoms with E-state index >= 15 is 0 Å². The highest BCUT2D eigenvalue weighted by Gasteiger charge is 2.04. The number of rotatable bonds is 3. The molecule has 1 aromatic rings. The smallest absolute Gasteiger partial charge is 0.0412 e. The van der Waals surface area contributed by atoms with Crippen LogP contribution >= 0.6 is 31.9 Å². The zero-order valence-electron chi connectivity index (χ0n) is 6.93. The molecule has 0 amide bonds. The molecule has 0 N–H and O–H groups in total. The lowest BCUT2D eigenvalue weighted by atomic mass is 10.0. The van der Waals surface area contributed by atoms with Gasteiger partial charge in [-0.1, -0.05) is 22.9 Å². The lowest BCUT2D eigenvalue weighted by Crippen LogP contribution is -2.01. The minimum Gasteiger partial charge on any atom is -0.264 e. The highest BCUT2D eigenvalue weighted by atomic mass is 79.9. The fraction of sp³-hybridized carbons (Fsp3) is 0.444. The summed E-state index contributed by atoms with van der Waals surface area (Å²) in [5, 5.41) is 1.04. The number of pyridine rings is 1. The summed E-state index contributed by atoms with van der Waals surface area (Å²) in [5.74, 6) is 0.670. The fourth-order valence-corrected chi connectivity index (χ4v) is 1.64. The molecule has 0 fully saturated rings. The predicted octanol–water partition coefficient (Wildman–Crippen LogP) is 3.42. The Morgan fingerprint density at radius 3 is 2.92 bits per heavy atom. The standard InChI is InChI=1S/C9H11Br2N/c1-7(5-10)4-8-2-3-12-6-9(8)11/h2-3,6-7H,4-5H2,1H3. The molecule has 0 bridgehead atoms. The van der Waals surface area contributed by atoms with Crippen molar-refractivity contribution >= 4 is 31.9 Å². The lowest BCUT2D eigenvalue weighted by molar-refractivity contribution is 0.661. The van der Waals surface area contributed by atoms with Crippen LogP contribution in [-0.2, 0) is 6.42 Å². The summed E-state index contributed by atoms with van der Waals surface area (Å²) in [6, 6.07) is 2.06. The Kier molecular flexibility index (Phi) is 4.22. The Labute approximate surface area is 89.8 Å². The van der Waals surface area contributed by atoms with Gasteiger partial charge in [0.2, 0.25) is 0 Å². The summed E-state index contributed by atoms with van der Waals surface area (Å²) in [7, 11) is 0. The van der Waals surface area contributed by atoms with Crippen molar-refractivity contribution in [2.75, 3.05) is 5.33 Å². The van der Waals surface area contributed by atoms with E-state index in [-0.39, 0.29) is 0 Å². The van der Waals surface area contributed by atoms with E-state index in [1.165, 1.54) is 5.56 Å². The monoisotopic (exact) mass is 291 g/mol. The van der Waals surface area contributed by atoms with E-state index in [2.05, 4.69) is 49.8 Å². The van der Waals surface area contributed by atoms with Crippen LogP contribution in [0.5, 0.6) is 0 Å².